The first kappa shape index (κ1) is 51.7. The number of benzene rings is 10. The van der Waals surface area contributed by atoms with Gasteiger partial charge in [0.2, 0.25) is 0 Å². The summed E-state index contributed by atoms with van der Waals surface area (Å²) in [5.41, 5.74) is 26.9. The van der Waals surface area contributed by atoms with Crippen LogP contribution in [-0.2, 0) is 21.7 Å². The summed E-state index contributed by atoms with van der Waals surface area (Å²) in [6.45, 7) is 20.0. The molecular formula is C81H71BN4S. The van der Waals surface area contributed by atoms with E-state index in [1.807, 2.05) is 0 Å². The molecule has 0 saturated heterocycles. The second kappa shape index (κ2) is 17.9. The Hall–Kier alpha value is -8.45. The number of aromatic nitrogens is 2. The van der Waals surface area contributed by atoms with E-state index in [0.29, 0.717) is 0 Å². The first-order valence-corrected chi connectivity index (χ1v) is 32.8. The molecule has 2 atom stereocenters. The molecule has 0 amide bonds. The molecule has 4 nitrogen and oxygen atoms in total. The molecule has 6 heteroatoms. The molecule has 10 aromatic carbocycles. The summed E-state index contributed by atoms with van der Waals surface area (Å²) in [6.07, 6.45) is 7.21. The Morgan fingerprint density at radius 1 is 0.414 bits per heavy atom. The quantitative estimate of drug-likeness (QED) is 0.160. The van der Waals surface area contributed by atoms with Crippen molar-refractivity contribution >= 4 is 102 Å². The summed E-state index contributed by atoms with van der Waals surface area (Å²) in [7, 11) is 0. The van der Waals surface area contributed by atoms with E-state index < -0.39 is 0 Å². The molecule has 3 aliphatic carbocycles. The zero-order valence-electron chi connectivity index (χ0n) is 51.2. The molecule has 2 aromatic heterocycles. The lowest BCUT2D eigenvalue weighted by molar-refractivity contribution is 0.260. The third kappa shape index (κ3) is 6.94. The van der Waals surface area contributed by atoms with Gasteiger partial charge in [0.15, 0.2) is 0 Å². The van der Waals surface area contributed by atoms with E-state index >= 15 is 0 Å². The predicted octanol–water partition coefficient (Wildman–Crippen LogP) is 19.8. The van der Waals surface area contributed by atoms with Gasteiger partial charge in [0.25, 0.3) is 6.71 Å². The maximum atomic E-state index is 2.75. The summed E-state index contributed by atoms with van der Waals surface area (Å²) in [5, 5.41) is 5.14. The van der Waals surface area contributed by atoms with Crippen molar-refractivity contribution in [1.29, 1.82) is 0 Å². The lowest BCUT2D eigenvalue weighted by Crippen LogP contribution is -2.61. The molecule has 6 aliphatic rings. The van der Waals surface area contributed by atoms with E-state index in [2.05, 4.69) is 298 Å². The van der Waals surface area contributed by atoms with Crippen molar-refractivity contribution in [1.82, 2.24) is 9.13 Å². The van der Waals surface area contributed by atoms with Gasteiger partial charge >= 0.3 is 0 Å². The van der Waals surface area contributed by atoms with E-state index in [4.69, 9.17) is 0 Å². The molecule has 0 spiro atoms. The molecule has 1 saturated carbocycles. The van der Waals surface area contributed by atoms with Crippen LogP contribution in [0.1, 0.15) is 122 Å². The van der Waals surface area contributed by atoms with E-state index in [9.17, 15) is 0 Å². The van der Waals surface area contributed by atoms with Crippen LogP contribution in [0.2, 0.25) is 0 Å². The zero-order chi connectivity index (χ0) is 58.7. The number of para-hydroxylation sites is 3. The summed E-state index contributed by atoms with van der Waals surface area (Å²) in [6, 6.07) is 82.4. The second-order valence-corrected chi connectivity index (χ2v) is 30.1. The Morgan fingerprint density at radius 3 is 1.75 bits per heavy atom. The topological polar surface area (TPSA) is 16.3 Å². The summed E-state index contributed by atoms with van der Waals surface area (Å²) in [5.74, 6) is 1.21. The molecule has 1 fully saturated rings. The average Bonchev–Trinajstić information content (AvgIpc) is 1.62. The molecule has 5 heterocycles. The van der Waals surface area contributed by atoms with Gasteiger partial charge in [-0.3, -0.25) is 9.47 Å². The van der Waals surface area contributed by atoms with Gasteiger partial charge in [0, 0.05) is 71.1 Å². The SMILES string of the molecule is CC1(C)CCC(C)(C)c2cc3c(cc21)c1c(n3-c2ccccc2)N(c2ccccc2)c2cc(-n3c4c(c5cc6ccccc6cc53)-c3ccccc3C4(C)C)cc3c2B1c1cc2c(cc1N3c1ccccc1-c1ccccc1)C1(C)CCCCC1(C)S2. The normalized spacial score (nSPS) is 20.4. The van der Waals surface area contributed by atoms with Crippen LogP contribution in [0.15, 0.2) is 217 Å². The smallest absolute Gasteiger partial charge is 0.255 e. The van der Waals surface area contributed by atoms with E-state index in [1.165, 1.54) is 164 Å². The number of thioether (sulfide) groups is 1. The van der Waals surface area contributed by atoms with Crippen molar-refractivity contribution in [2.24, 2.45) is 0 Å². The van der Waals surface area contributed by atoms with Gasteiger partial charge in [-0.1, -0.05) is 201 Å². The fourth-order valence-electron chi connectivity index (χ4n) is 17.7. The van der Waals surface area contributed by atoms with Gasteiger partial charge < -0.3 is 9.47 Å². The Kier molecular flexibility index (Phi) is 10.6. The highest BCUT2D eigenvalue weighted by Crippen LogP contribution is 2.64. The third-order valence-electron chi connectivity index (χ3n) is 22.5. The number of nitrogens with zero attached hydrogens (tertiary/aromatic N) is 4. The van der Waals surface area contributed by atoms with Crippen LogP contribution in [0.3, 0.4) is 0 Å². The van der Waals surface area contributed by atoms with Crippen LogP contribution in [0.4, 0.5) is 34.3 Å². The maximum absolute atomic E-state index is 2.75. The Labute approximate surface area is 516 Å². The van der Waals surface area contributed by atoms with Gasteiger partial charge in [0.05, 0.1) is 22.4 Å². The summed E-state index contributed by atoms with van der Waals surface area (Å²) >= 11 is 2.18. The largest absolute Gasteiger partial charge is 0.312 e. The highest BCUT2D eigenvalue weighted by molar-refractivity contribution is 8.01. The molecule has 0 N–H and O–H groups in total. The van der Waals surface area contributed by atoms with Gasteiger partial charge in [0.1, 0.15) is 5.82 Å². The van der Waals surface area contributed by atoms with Gasteiger partial charge in [-0.25, -0.2) is 0 Å². The van der Waals surface area contributed by atoms with Crippen molar-refractivity contribution in [3.8, 4) is 33.6 Å². The highest BCUT2D eigenvalue weighted by atomic mass is 32.2. The molecule has 12 aromatic rings. The second-order valence-electron chi connectivity index (χ2n) is 28.5. The minimum absolute atomic E-state index is 0.00108. The molecule has 0 radical (unpaired) electrons. The molecular weight excluding hydrogens is 1070 g/mol. The predicted molar refractivity (Wildman–Crippen MR) is 370 cm³/mol. The number of rotatable bonds is 5. The van der Waals surface area contributed by atoms with E-state index in [-0.39, 0.29) is 33.1 Å². The van der Waals surface area contributed by atoms with Crippen LogP contribution < -0.4 is 26.2 Å². The number of hydrogen-bond donors (Lipinski definition) is 0. The minimum Gasteiger partial charge on any atom is -0.312 e. The monoisotopic (exact) mass is 1140 g/mol. The van der Waals surface area contributed by atoms with Crippen molar-refractivity contribution in [2.75, 3.05) is 9.80 Å². The van der Waals surface area contributed by atoms with Crippen molar-refractivity contribution in [2.45, 2.75) is 125 Å². The fraction of sp³-hybridized carbons (Fsp3) is 0.235. The van der Waals surface area contributed by atoms with E-state index in [1.54, 1.807) is 0 Å². The lowest BCUT2D eigenvalue weighted by atomic mass is 9.33. The van der Waals surface area contributed by atoms with Crippen LogP contribution >= 0.6 is 11.8 Å². The molecule has 2 unspecified atom stereocenters. The van der Waals surface area contributed by atoms with Crippen LogP contribution in [0, 0.1) is 0 Å². The zero-order valence-corrected chi connectivity index (χ0v) is 52.0. The molecule has 18 rings (SSSR count). The molecule has 87 heavy (non-hydrogen) atoms. The molecule has 424 valence electrons. The van der Waals surface area contributed by atoms with Crippen molar-refractivity contribution in [3.05, 3.63) is 240 Å². The minimum atomic E-state index is -0.327. The van der Waals surface area contributed by atoms with Crippen LogP contribution in [0.5, 0.6) is 0 Å². The summed E-state index contributed by atoms with van der Waals surface area (Å²) < 4.78 is 5.47. The first-order chi connectivity index (χ1) is 42.1. The average molecular weight is 1140 g/mol. The Balaban J connectivity index is 1.05. The first-order valence-electron chi connectivity index (χ1n) is 32.0. The maximum Gasteiger partial charge on any atom is 0.255 e. The van der Waals surface area contributed by atoms with Crippen molar-refractivity contribution < 1.29 is 0 Å². The lowest BCUT2D eigenvalue weighted by Gasteiger charge is -2.46. The van der Waals surface area contributed by atoms with Crippen molar-refractivity contribution in [3.63, 3.8) is 0 Å². The number of fused-ring (bicyclic) bond motifs is 16. The Morgan fingerprint density at radius 2 is 1.01 bits per heavy atom. The number of anilines is 6. The fourth-order valence-corrected chi connectivity index (χ4v) is 19.5. The van der Waals surface area contributed by atoms with E-state index in [0.717, 1.165) is 24.2 Å². The molecule has 3 aliphatic heterocycles. The third-order valence-corrected chi connectivity index (χ3v) is 24.2. The van der Waals surface area contributed by atoms with Gasteiger partial charge in [-0.15, -0.1) is 11.8 Å². The van der Waals surface area contributed by atoms with Crippen LogP contribution in [0.25, 0.3) is 66.2 Å². The molecule has 0 bridgehead atoms. The van der Waals surface area contributed by atoms with Gasteiger partial charge in [-0.2, -0.15) is 0 Å². The summed E-state index contributed by atoms with van der Waals surface area (Å²) in [4.78, 5) is 6.91. The number of hydrogen-bond acceptors (Lipinski definition) is 3. The Bertz CT molecular complexity index is 4930. The van der Waals surface area contributed by atoms with Gasteiger partial charge in [-0.05, 0) is 182 Å². The standard InChI is InChI=1S/C81H71BN4S/c1-77(2)40-41-78(3,4)62-47-67-59(46-61(62)77)73-76(84(67)53-30-14-10-15-31-53)85(54-32-16-11-17-33-54)69-44-55(83-66-43-52-29-19-18-28-51(52)42-58(66)72-57-35-20-22-36-60(57)79(5,6)75(72)83)45-70-74(69)82(73)64-49-71-63(80(7)38-24-25-39-81(80,8)87-71)48-68(64)86(70)65-37-23-21-34-56(65)50-26-12-9-13-27-50/h9-23,26-37,42-49H,24-25,38-41H2,1-8H3. The van der Waals surface area contributed by atoms with Crippen LogP contribution in [-0.4, -0.2) is 20.6 Å². The highest BCUT2D eigenvalue weighted by Gasteiger charge is 2.56.